The summed E-state index contributed by atoms with van der Waals surface area (Å²) in [7, 11) is 0. The molecule has 1 aliphatic rings. The van der Waals surface area contributed by atoms with Crippen molar-refractivity contribution < 1.29 is 4.79 Å². The van der Waals surface area contributed by atoms with Gasteiger partial charge in [-0.2, -0.15) is 0 Å². The molecule has 5 nitrogen and oxygen atoms in total. The van der Waals surface area contributed by atoms with Crippen molar-refractivity contribution in [2.45, 2.75) is 52.2 Å². The number of piperidine rings is 1. The van der Waals surface area contributed by atoms with E-state index in [4.69, 9.17) is 0 Å². The van der Waals surface area contributed by atoms with Crippen LogP contribution in [0.5, 0.6) is 0 Å². The lowest BCUT2D eigenvalue weighted by Crippen LogP contribution is -2.49. The molecule has 1 aliphatic heterocycles. The van der Waals surface area contributed by atoms with Gasteiger partial charge in [0.25, 0.3) is 0 Å². The van der Waals surface area contributed by atoms with Crippen LogP contribution in [0.1, 0.15) is 37.4 Å². The summed E-state index contributed by atoms with van der Waals surface area (Å²) in [6.45, 7) is 9.04. The average molecular weight is 296 g/mol. The third kappa shape index (κ3) is 4.45. The molecular weight excluding hydrogens is 272 g/mol. The maximum absolute atomic E-state index is 11.8. The molecule has 1 aromatic rings. The number of urea groups is 1. The van der Waals surface area contributed by atoms with E-state index >= 15 is 0 Å². The summed E-state index contributed by atoms with van der Waals surface area (Å²) in [5.74, 6) is 0. The first kappa shape index (κ1) is 15.3. The predicted octanol–water partition coefficient (Wildman–Crippen LogP) is 2.12. The maximum Gasteiger partial charge on any atom is 0.315 e. The van der Waals surface area contributed by atoms with Crippen molar-refractivity contribution in [3.8, 4) is 0 Å². The Bertz CT molecular complexity index is 438. The Kier molecular flexibility index (Phi) is 5.37. The normalized spacial score (nSPS) is 17.4. The number of nitrogens with zero attached hydrogens (tertiary/aromatic N) is 2. The zero-order valence-electron chi connectivity index (χ0n) is 12.5. The first-order chi connectivity index (χ1) is 9.54. The van der Waals surface area contributed by atoms with Crippen molar-refractivity contribution in [1.82, 2.24) is 20.5 Å². The van der Waals surface area contributed by atoms with Gasteiger partial charge in [0.15, 0.2) is 0 Å². The number of rotatable bonds is 4. The second-order valence-corrected chi connectivity index (χ2v) is 6.56. The number of carbonyl (C=O) groups is 1. The first-order valence-corrected chi connectivity index (χ1v) is 8.12. The Labute approximate surface area is 124 Å². The maximum atomic E-state index is 11.8. The first-order valence-electron chi connectivity index (χ1n) is 7.24. The van der Waals surface area contributed by atoms with Gasteiger partial charge in [-0.1, -0.05) is 0 Å². The number of hydrogen-bond donors (Lipinski definition) is 2. The Hall–Kier alpha value is -1.14. The average Bonchev–Trinajstić information content (AvgIpc) is 2.83. The van der Waals surface area contributed by atoms with E-state index in [9.17, 15) is 4.79 Å². The summed E-state index contributed by atoms with van der Waals surface area (Å²) in [6, 6.07) is 0.807. The number of hydrogen-bond acceptors (Lipinski definition) is 4. The number of aryl methyl sites for hydroxylation is 1. The van der Waals surface area contributed by atoms with Gasteiger partial charge in [-0.05, 0) is 33.6 Å². The Morgan fingerprint density at radius 3 is 2.75 bits per heavy atom. The highest BCUT2D eigenvalue weighted by atomic mass is 32.1. The molecule has 0 aromatic carbocycles. The molecule has 20 heavy (non-hydrogen) atoms. The Morgan fingerprint density at radius 2 is 2.20 bits per heavy atom. The molecule has 112 valence electrons. The number of thiazole rings is 1. The number of nitrogens with one attached hydrogen (secondary N) is 2. The number of likely N-dealkylation sites (tertiary alicyclic amines) is 1. The van der Waals surface area contributed by atoms with Crippen LogP contribution in [-0.4, -0.2) is 41.1 Å². The predicted molar refractivity (Wildman–Crippen MR) is 82.0 cm³/mol. The van der Waals surface area contributed by atoms with E-state index in [1.165, 1.54) is 0 Å². The molecule has 0 saturated carbocycles. The zero-order chi connectivity index (χ0) is 14.5. The summed E-state index contributed by atoms with van der Waals surface area (Å²) < 4.78 is 0. The molecule has 2 N–H and O–H groups in total. The van der Waals surface area contributed by atoms with Crippen molar-refractivity contribution in [1.29, 1.82) is 0 Å². The number of aromatic nitrogens is 1. The van der Waals surface area contributed by atoms with Gasteiger partial charge in [0.2, 0.25) is 0 Å². The van der Waals surface area contributed by atoms with Crippen LogP contribution in [0.15, 0.2) is 5.38 Å². The smallest absolute Gasteiger partial charge is 0.315 e. The van der Waals surface area contributed by atoms with E-state index in [1.807, 2.05) is 12.3 Å². The van der Waals surface area contributed by atoms with Gasteiger partial charge in [0, 0.05) is 36.2 Å². The molecule has 0 unspecified atom stereocenters. The second-order valence-electron chi connectivity index (χ2n) is 5.61. The van der Waals surface area contributed by atoms with E-state index in [-0.39, 0.29) is 6.03 Å². The topological polar surface area (TPSA) is 57.3 Å². The van der Waals surface area contributed by atoms with Crippen LogP contribution >= 0.6 is 11.3 Å². The number of carbonyl (C=O) groups excluding carboxylic acids is 1. The lowest BCUT2D eigenvalue weighted by atomic mass is 10.0. The van der Waals surface area contributed by atoms with Gasteiger partial charge < -0.3 is 15.5 Å². The van der Waals surface area contributed by atoms with Crippen LogP contribution in [0.4, 0.5) is 4.79 Å². The van der Waals surface area contributed by atoms with Crippen molar-refractivity contribution >= 4 is 17.4 Å². The van der Waals surface area contributed by atoms with Gasteiger partial charge in [-0.25, -0.2) is 9.78 Å². The highest BCUT2D eigenvalue weighted by Crippen LogP contribution is 2.13. The van der Waals surface area contributed by atoms with Gasteiger partial charge in [0.05, 0.1) is 6.54 Å². The fourth-order valence-electron chi connectivity index (χ4n) is 2.44. The van der Waals surface area contributed by atoms with Gasteiger partial charge in [-0.3, -0.25) is 0 Å². The molecule has 0 aliphatic carbocycles. The van der Waals surface area contributed by atoms with Crippen molar-refractivity contribution in [2.75, 3.05) is 13.1 Å². The minimum atomic E-state index is -0.0825. The van der Waals surface area contributed by atoms with Crippen molar-refractivity contribution in [2.24, 2.45) is 0 Å². The van der Waals surface area contributed by atoms with Crippen LogP contribution in [0.3, 0.4) is 0 Å². The molecule has 1 aromatic heterocycles. The standard InChI is InChI=1S/C14H24N4OS/c1-10(2)18-6-4-12(5-7-18)17-14(19)15-8-13-16-11(3)9-20-13/h9-10,12H,4-8H2,1-3H3,(H2,15,17,19). The van der Waals surface area contributed by atoms with Gasteiger partial charge in [-0.15, -0.1) is 11.3 Å². The van der Waals surface area contributed by atoms with Crippen LogP contribution in [0.25, 0.3) is 0 Å². The fraction of sp³-hybridized carbons (Fsp3) is 0.714. The van der Waals surface area contributed by atoms with E-state index in [0.717, 1.165) is 36.6 Å². The molecule has 0 radical (unpaired) electrons. The summed E-state index contributed by atoms with van der Waals surface area (Å²) >= 11 is 1.58. The molecule has 1 saturated heterocycles. The van der Waals surface area contributed by atoms with Gasteiger partial charge >= 0.3 is 6.03 Å². The summed E-state index contributed by atoms with van der Waals surface area (Å²) in [5, 5.41) is 8.88. The van der Waals surface area contributed by atoms with Crippen LogP contribution in [0, 0.1) is 6.92 Å². The molecule has 0 spiro atoms. The zero-order valence-corrected chi connectivity index (χ0v) is 13.3. The van der Waals surface area contributed by atoms with Crippen LogP contribution in [-0.2, 0) is 6.54 Å². The lowest BCUT2D eigenvalue weighted by molar-refractivity contribution is 0.161. The lowest BCUT2D eigenvalue weighted by Gasteiger charge is -2.34. The second kappa shape index (κ2) is 7.04. The molecular formula is C14H24N4OS. The van der Waals surface area contributed by atoms with Crippen molar-refractivity contribution in [3.05, 3.63) is 16.1 Å². The molecule has 0 bridgehead atoms. The molecule has 1 fully saturated rings. The van der Waals surface area contributed by atoms with Crippen molar-refractivity contribution in [3.63, 3.8) is 0 Å². The summed E-state index contributed by atoms with van der Waals surface area (Å²) in [4.78, 5) is 18.6. The van der Waals surface area contributed by atoms with E-state index in [2.05, 4.69) is 34.4 Å². The fourth-order valence-corrected chi connectivity index (χ4v) is 3.15. The highest BCUT2D eigenvalue weighted by molar-refractivity contribution is 7.09. The molecule has 2 heterocycles. The number of amides is 2. The summed E-state index contributed by atoms with van der Waals surface area (Å²) in [5.41, 5.74) is 1.01. The highest BCUT2D eigenvalue weighted by Gasteiger charge is 2.21. The third-order valence-corrected chi connectivity index (χ3v) is 4.63. The van der Waals surface area contributed by atoms with Gasteiger partial charge in [0.1, 0.15) is 5.01 Å². The minimum absolute atomic E-state index is 0.0825. The van der Waals surface area contributed by atoms with E-state index in [0.29, 0.717) is 18.6 Å². The summed E-state index contributed by atoms with van der Waals surface area (Å²) in [6.07, 6.45) is 2.06. The Balaban J connectivity index is 1.67. The minimum Gasteiger partial charge on any atom is -0.335 e. The largest absolute Gasteiger partial charge is 0.335 e. The SMILES string of the molecule is Cc1csc(CNC(=O)NC2CCN(C(C)C)CC2)n1. The third-order valence-electron chi connectivity index (χ3n) is 3.66. The molecule has 0 atom stereocenters. The Morgan fingerprint density at radius 1 is 1.50 bits per heavy atom. The van der Waals surface area contributed by atoms with Crippen LogP contribution < -0.4 is 10.6 Å². The van der Waals surface area contributed by atoms with E-state index in [1.54, 1.807) is 11.3 Å². The van der Waals surface area contributed by atoms with Crippen LogP contribution in [0.2, 0.25) is 0 Å². The molecule has 2 amide bonds. The molecule has 6 heteroatoms. The monoisotopic (exact) mass is 296 g/mol. The molecule has 2 rings (SSSR count). The van der Waals surface area contributed by atoms with E-state index < -0.39 is 0 Å². The quantitative estimate of drug-likeness (QED) is 0.895.